The Morgan fingerprint density at radius 1 is 1.05 bits per heavy atom. The van der Waals surface area contributed by atoms with Crippen molar-refractivity contribution in [2.75, 3.05) is 0 Å². The van der Waals surface area contributed by atoms with Crippen molar-refractivity contribution in [1.29, 1.82) is 0 Å². The Morgan fingerprint density at radius 2 is 1.76 bits per heavy atom. The van der Waals surface area contributed by atoms with Crippen LogP contribution in [0.3, 0.4) is 0 Å². The van der Waals surface area contributed by atoms with E-state index in [1.54, 1.807) is 12.1 Å². The summed E-state index contributed by atoms with van der Waals surface area (Å²) in [5.74, 6) is -0.406. The number of benzene rings is 3. The second kappa shape index (κ2) is 10.6. The van der Waals surface area contributed by atoms with Crippen molar-refractivity contribution in [1.82, 2.24) is 4.57 Å². The highest BCUT2D eigenvalue weighted by molar-refractivity contribution is 9.10. The molecule has 0 atom stereocenters. The second-order valence-corrected chi connectivity index (χ2v) is 11.8. The molecule has 0 unspecified atom stereocenters. The van der Waals surface area contributed by atoms with Crippen LogP contribution in [0.1, 0.15) is 32.6 Å². The summed E-state index contributed by atoms with van der Waals surface area (Å²) in [4.78, 5) is 36.0. The first-order valence-electron chi connectivity index (χ1n) is 11.0. The number of aryl methyl sites for hydroxylation is 2. The van der Waals surface area contributed by atoms with Crippen molar-refractivity contribution < 1.29 is 27.9 Å². The van der Waals surface area contributed by atoms with E-state index in [-0.39, 0.29) is 11.0 Å². The lowest BCUT2D eigenvalue weighted by Gasteiger charge is -2.20. The highest BCUT2D eigenvalue weighted by Gasteiger charge is 2.51. The molecule has 0 aliphatic rings. The van der Waals surface area contributed by atoms with Gasteiger partial charge in [-0.3, -0.25) is 9.36 Å². The summed E-state index contributed by atoms with van der Waals surface area (Å²) in [6.45, 7) is 4.05. The molecule has 11 heteroatoms. The van der Waals surface area contributed by atoms with Gasteiger partial charge in [-0.05, 0) is 54.3 Å². The third-order valence-corrected chi connectivity index (χ3v) is 8.37. The zero-order chi connectivity index (χ0) is 27.0. The fourth-order valence-electron chi connectivity index (χ4n) is 3.68. The van der Waals surface area contributed by atoms with Gasteiger partial charge in [0, 0.05) is 21.0 Å². The van der Waals surface area contributed by atoms with E-state index in [4.69, 9.17) is 9.79 Å². The zero-order valence-electron chi connectivity index (χ0n) is 19.7. The lowest BCUT2D eigenvalue weighted by Crippen LogP contribution is -2.19. The molecule has 192 valence electrons. The Kier molecular flexibility index (Phi) is 7.78. The van der Waals surface area contributed by atoms with E-state index in [1.807, 2.05) is 60.2 Å². The van der Waals surface area contributed by atoms with Crippen LogP contribution in [0.4, 0.5) is 8.78 Å². The zero-order valence-corrected chi connectivity index (χ0v) is 23.0. The number of alkyl halides is 2. The van der Waals surface area contributed by atoms with Gasteiger partial charge in [-0.2, -0.15) is 13.8 Å². The fraction of sp³-hybridized carbons (Fsp3) is 0.154. The molecule has 0 spiro atoms. The van der Waals surface area contributed by atoms with Crippen LogP contribution in [0.2, 0.25) is 0 Å². The van der Waals surface area contributed by atoms with Crippen molar-refractivity contribution in [3.05, 3.63) is 109 Å². The van der Waals surface area contributed by atoms with Gasteiger partial charge in [-0.15, -0.1) is 11.3 Å². The maximum atomic E-state index is 14.3. The lowest BCUT2D eigenvalue weighted by molar-refractivity contribution is 0.0557. The Hall–Kier alpha value is -2.75. The Bertz CT molecular complexity index is 1600. The van der Waals surface area contributed by atoms with Crippen molar-refractivity contribution in [3.8, 4) is 11.3 Å². The number of carbonyl (C=O) groups excluding carboxylic acids is 1. The smallest absolute Gasteiger partial charge is 0.320 e. The first-order valence-corrected chi connectivity index (χ1v) is 14.3. The van der Waals surface area contributed by atoms with Gasteiger partial charge in [-0.1, -0.05) is 64.5 Å². The van der Waals surface area contributed by atoms with Crippen LogP contribution in [0.5, 0.6) is 0 Å². The van der Waals surface area contributed by atoms with Gasteiger partial charge in [0.1, 0.15) is 0 Å². The molecule has 1 amide bonds. The molecule has 3 aromatic carbocycles. The van der Waals surface area contributed by atoms with E-state index < -0.39 is 24.7 Å². The van der Waals surface area contributed by atoms with Crippen LogP contribution in [-0.2, 0) is 16.8 Å². The van der Waals surface area contributed by atoms with Gasteiger partial charge in [0.15, 0.2) is 4.80 Å². The van der Waals surface area contributed by atoms with Crippen molar-refractivity contribution in [2.45, 2.75) is 26.1 Å². The molecule has 0 radical (unpaired) electrons. The maximum Gasteiger partial charge on any atom is 0.399 e. The highest BCUT2D eigenvalue weighted by atomic mass is 79.9. The SMILES string of the molecule is Cc1ccc(C(=O)N=c2scc(-c3ccccc3)n2Cc2ccc(C(F)(F)P(=O)(O)O)c(Br)c2)cc1C. The molecule has 0 aliphatic carbocycles. The molecule has 1 heterocycles. The number of carbonyl (C=O) groups is 1. The van der Waals surface area contributed by atoms with E-state index in [0.29, 0.717) is 15.9 Å². The molecular weight excluding hydrogens is 585 g/mol. The number of rotatable bonds is 6. The molecule has 0 fully saturated rings. The molecule has 37 heavy (non-hydrogen) atoms. The van der Waals surface area contributed by atoms with Crippen LogP contribution < -0.4 is 4.80 Å². The summed E-state index contributed by atoms with van der Waals surface area (Å²) in [6.07, 6.45) is 0. The van der Waals surface area contributed by atoms with Crippen molar-refractivity contribution in [3.63, 3.8) is 0 Å². The highest BCUT2D eigenvalue weighted by Crippen LogP contribution is 2.60. The molecular formula is C26H22BrF2N2O4PS. The largest absolute Gasteiger partial charge is 0.399 e. The normalized spacial score (nSPS) is 12.7. The number of halogens is 3. The number of nitrogens with zero attached hydrogens (tertiary/aromatic N) is 2. The van der Waals surface area contributed by atoms with Crippen LogP contribution in [-0.4, -0.2) is 20.3 Å². The van der Waals surface area contributed by atoms with E-state index in [2.05, 4.69) is 20.9 Å². The molecule has 1 aromatic heterocycles. The van der Waals surface area contributed by atoms with Crippen molar-refractivity contribution >= 4 is 40.8 Å². The Balaban J connectivity index is 1.79. The predicted octanol–water partition coefficient (Wildman–Crippen LogP) is 6.61. The van der Waals surface area contributed by atoms with Crippen LogP contribution in [0.25, 0.3) is 11.3 Å². The van der Waals surface area contributed by atoms with Crippen LogP contribution >= 0.6 is 34.9 Å². The number of aromatic nitrogens is 1. The van der Waals surface area contributed by atoms with Crippen LogP contribution in [0.15, 0.2) is 81.6 Å². The molecule has 6 nitrogen and oxygen atoms in total. The maximum absolute atomic E-state index is 14.3. The summed E-state index contributed by atoms with van der Waals surface area (Å²) in [6, 6.07) is 18.6. The summed E-state index contributed by atoms with van der Waals surface area (Å²) in [5.41, 5.74) is -0.439. The molecule has 4 rings (SSSR count). The quantitative estimate of drug-likeness (QED) is 0.242. The molecule has 0 bridgehead atoms. The minimum Gasteiger partial charge on any atom is -0.320 e. The average Bonchev–Trinajstić information content (AvgIpc) is 3.22. The molecule has 0 aliphatic heterocycles. The monoisotopic (exact) mass is 606 g/mol. The minimum atomic E-state index is -5.72. The number of amides is 1. The van der Waals surface area contributed by atoms with Crippen LogP contribution in [0, 0.1) is 13.8 Å². The van der Waals surface area contributed by atoms with E-state index in [0.717, 1.165) is 28.5 Å². The predicted molar refractivity (Wildman–Crippen MR) is 143 cm³/mol. The van der Waals surface area contributed by atoms with Gasteiger partial charge in [0.2, 0.25) is 0 Å². The first kappa shape index (κ1) is 27.3. The van der Waals surface area contributed by atoms with Gasteiger partial charge in [0.05, 0.1) is 12.2 Å². The number of hydrogen-bond acceptors (Lipinski definition) is 3. The van der Waals surface area contributed by atoms with Gasteiger partial charge in [0.25, 0.3) is 5.91 Å². The summed E-state index contributed by atoms with van der Waals surface area (Å²) in [5, 5.41) is 1.87. The Morgan fingerprint density at radius 3 is 2.38 bits per heavy atom. The molecule has 0 saturated carbocycles. The van der Waals surface area contributed by atoms with E-state index in [1.165, 1.54) is 23.5 Å². The third-order valence-electron chi connectivity index (χ3n) is 5.88. The van der Waals surface area contributed by atoms with Gasteiger partial charge >= 0.3 is 13.3 Å². The molecule has 4 aromatic rings. The Labute approximate surface area is 224 Å². The second-order valence-electron chi connectivity index (χ2n) is 8.47. The topological polar surface area (TPSA) is 91.9 Å². The van der Waals surface area contributed by atoms with E-state index in [9.17, 15) is 18.1 Å². The number of thiazole rings is 1. The van der Waals surface area contributed by atoms with Crippen molar-refractivity contribution in [2.24, 2.45) is 4.99 Å². The third kappa shape index (κ3) is 5.73. The van der Waals surface area contributed by atoms with Gasteiger partial charge < -0.3 is 14.4 Å². The standard InChI is InChI=1S/C26H22BrF2N2O4PS/c1-16-8-10-20(12-17(16)2)24(32)30-25-31(23(15-37-25)19-6-4-3-5-7-19)14-18-9-11-21(22(27)13-18)26(28,29)36(33,34)35/h3-13,15H,14H2,1-2H3,(H2,33,34,35). The van der Waals surface area contributed by atoms with Gasteiger partial charge in [-0.25, -0.2) is 0 Å². The summed E-state index contributed by atoms with van der Waals surface area (Å²) < 4.78 is 41.6. The fourth-order valence-corrected chi connectivity index (χ4v) is 5.92. The first-order chi connectivity index (χ1) is 17.4. The summed E-state index contributed by atoms with van der Waals surface area (Å²) in [7, 11) is -5.72. The number of hydrogen-bond donors (Lipinski definition) is 2. The minimum absolute atomic E-state index is 0.139. The summed E-state index contributed by atoms with van der Waals surface area (Å²) >= 11 is 4.31. The molecule has 0 saturated heterocycles. The van der Waals surface area contributed by atoms with E-state index >= 15 is 0 Å². The average molecular weight is 607 g/mol. The molecule has 2 N–H and O–H groups in total. The lowest BCUT2D eigenvalue weighted by atomic mass is 10.1.